The van der Waals surface area contributed by atoms with Crippen molar-refractivity contribution in [3.8, 4) is 11.5 Å². The van der Waals surface area contributed by atoms with Crippen molar-refractivity contribution in [2.75, 3.05) is 39.9 Å². The van der Waals surface area contributed by atoms with Gasteiger partial charge in [-0.2, -0.15) is 0 Å². The summed E-state index contributed by atoms with van der Waals surface area (Å²) in [5, 5.41) is 3.45. The van der Waals surface area contributed by atoms with E-state index in [4.69, 9.17) is 9.47 Å². The van der Waals surface area contributed by atoms with Crippen LogP contribution in [0, 0.1) is 5.41 Å². The zero-order valence-corrected chi connectivity index (χ0v) is 15.2. The van der Waals surface area contributed by atoms with Gasteiger partial charge in [-0.05, 0) is 55.8 Å². The lowest BCUT2D eigenvalue weighted by Crippen LogP contribution is -2.45. The number of ether oxygens (including phenoxy) is 2. The maximum atomic E-state index is 12.5. The molecule has 0 radical (unpaired) electrons. The van der Waals surface area contributed by atoms with E-state index in [0.717, 1.165) is 44.6 Å². The molecule has 2 heterocycles. The van der Waals surface area contributed by atoms with Gasteiger partial charge in [-0.25, -0.2) is 0 Å². The number of hydrogen-bond acceptors (Lipinski definition) is 4. The van der Waals surface area contributed by atoms with Crippen LogP contribution < -0.4 is 14.8 Å². The molecule has 2 saturated heterocycles. The minimum Gasteiger partial charge on any atom is -0.493 e. The Morgan fingerprint density at radius 3 is 2.72 bits per heavy atom. The molecule has 1 spiro atoms. The molecule has 2 fully saturated rings. The highest BCUT2D eigenvalue weighted by molar-refractivity contribution is 5.78. The summed E-state index contributed by atoms with van der Waals surface area (Å²) in [7, 11) is 1.61. The molecular formula is C20H28N2O3. The number of allylic oxidation sites excluding steroid dienone is 1. The molecule has 0 unspecified atom stereocenters. The fourth-order valence-electron chi connectivity index (χ4n) is 3.78. The lowest BCUT2D eigenvalue weighted by molar-refractivity contribution is -0.135. The minimum atomic E-state index is 0.0559. The van der Waals surface area contributed by atoms with E-state index in [-0.39, 0.29) is 12.5 Å². The molecule has 2 aliphatic heterocycles. The second-order valence-electron chi connectivity index (χ2n) is 7.01. The Hall–Kier alpha value is -2.01. The first kappa shape index (κ1) is 17.8. The van der Waals surface area contributed by atoms with E-state index >= 15 is 0 Å². The lowest BCUT2D eigenvalue weighted by Gasteiger charge is -2.38. The van der Waals surface area contributed by atoms with Gasteiger partial charge in [0.15, 0.2) is 18.1 Å². The predicted molar refractivity (Wildman–Crippen MR) is 98.9 cm³/mol. The van der Waals surface area contributed by atoms with Gasteiger partial charge in [0.2, 0.25) is 0 Å². The highest BCUT2D eigenvalue weighted by Gasteiger charge is 2.38. The van der Waals surface area contributed by atoms with Gasteiger partial charge in [0.05, 0.1) is 7.11 Å². The number of carbonyl (C=O) groups is 1. The number of likely N-dealkylation sites (tertiary alicyclic amines) is 1. The molecule has 1 aromatic rings. The van der Waals surface area contributed by atoms with E-state index in [2.05, 4.69) is 5.32 Å². The van der Waals surface area contributed by atoms with Crippen LogP contribution in [0.15, 0.2) is 24.3 Å². The Balaban J connectivity index is 1.54. The number of benzene rings is 1. The molecule has 0 aliphatic carbocycles. The smallest absolute Gasteiger partial charge is 0.260 e. The van der Waals surface area contributed by atoms with Crippen molar-refractivity contribution in [1.82, 2.24) is 10.2 Å². The van der Waals surface area contributed by atoms with E-state index in [9.17, 15) is 4.79 Å². The topological polar surface area (TPSA) is 50.8 Å². The number of rotatable bonds is 5. The van der Waals surface area contributed by atoms with E-state index in [1.807, 2.05) is 42.2 Å². The Labute approximate surface area is 150 Å². The zero-order chi connectivity index (χ0) is 17.7. The van der Waals surface area contributed by atoms with Crippen molar-refractivity contribution < 1.29 is 14.3 Å². The number of hydrogen-bond donors (Lipinski definition) is 1. The number of nitrogens with zero attached hydrogens (tertiary/aromatic N) is 1. The molecule has 0 aromatic heterocycles. The molecule has 1 aromatic carbocycles. The number of piperidine rings is 1. The predicted octanol–water partition coefficient (Wildman–Crippen LogP) is 2.71. The van der Waals surface area contributed by atoms with Crippen LogP contribution in [-0.4, -0.2) is 50.7 Å². The third-order valence-electron chi connectivity index (χ3n) is 5.41. The molecule has 136 valence electrons. The van der Waals surface area contributed by atoms with Crippen LogP contribution >= 0.6 is 0 Å². The van der Waals surface area contributed by atoms with Gasteiger partial charge < -0.3 is 19.7 Å². The third-order valence-corrected chi connectivity index (χ3v) is 5.41. The van der Waals surface area contributed by atoms with Gasteiger partial charge in [0, 0.05) is 19.6 Å². The van der Waals surface area contributed by atoms with Crippen LogP contribution in [0.25, 0.3) is 6.08 Å². The SMILES string of the molecule is C/C=C/c1ccc(OCC(=O)N2CCC3(CCNC3)CC2)c(OC)c1. The average molecular weight is 344 g/mol. The van der Waals surface area contributed by atoms with Crippen LogP contribution in [-0.2, 0) is 4.79 Å². The summed E-state index contributed by atoms with van der Waals surface area (Å²) in [5.41, 5.74) is 1.47. The molecular weight excluding hydrogens is 316 g/mol. The minimum absolute atomic E-state index is 0.0559. The summed E-state index contributed by atoms with van der Waals surface area (Å²) in [5.74, 6) is 1.32. The molecule has 2 aliphatic rings. The normalized spacial score (nSPS) is 19.5. The van der Waals surface area contributed by atoms with Crippen molar-refractivity contribution in [2.45, 2.75) is 26.2 Å². The van der Waals surface area contributed by atoms with Gasteiger partial charge in [-0.15, -0.1) is 0 Å². The quantitative estimate of drug-likeness (QED) is 0.892. The van der Waals surface area contributed by atoms with Gasteiger partial charge in [-0.1, -0.05) is 18.2 Å². The second kappa shape index (κ2) is 7.91. The second-order valence-corrected chi connectivity index (χ2v) is 7.01. The summed E-state index contributed by atoms with van der Waals surface area (Å²) < 4.78 is 11.1. The molecule has 0 atom stereocenters. The Kier molecular flexibility index (Phi) is 5.63. The van der Waals surface area contributed by atoms with E-state index in [0.29, 0.717) is 16.9 Å². The van der Waals surface area contributed by atoms with Crippen molar-refractivity contribution in [2.24, 2.45) is 5.41 Å². The summed E-state index contributed by atoms with van der Waals surface area (Å²) in [4.78, 5) is 14.4. The largest absolute Gasteiger partial charge is 0.493 e. The molecule has 1 N–H and O–H groups in total. The Morgan fingerprint density at radius 2 is 2.08 bits per heavy atom. The Bertz CT molecular complexity index is 626. The van der Waals surface area contributed by atoms with Crippen LogP contribution in [0.5, 0.6) is 11.5 Å². The van der Waals surface area contributed by atoms with E-state index in [1.54, 1.807) is 7.11 Å². The number of carbonyl (C=O) groups excluding carboxylic acids is 1. The van der Waals surface area contributed by atoms with Crippen molar-refractivity contribution in [3.05, 3.63) is 29.8 Å². The molecule has 5 nitrogen and oxygen atoms in total. The van der Waals surface area contributed by atoms with Crippen LogP contribution in [0.2, 0.25) is 0 Å². The number of nitrogens with one attached hydrogen (secondary N) is 1. The first-order valence-corrected chi connectivity index (χ1v) is 9.08. The maximum Gasteiger partial charge on any atom is 0.260 e. The van der Waals surface area contributed by atoms with Crippen molar-refractivity contribution in [1.29, 1.82) is 0 Å². The van der Waals surface area contributed by atoms with Crippen molar-refractivity contribution in [3.63, 3.8) is 0 Å². The molecule has 0 bridgehead atoms. The zero-order valence-electron chi connectivity index (χ0n) is 15.2. The average Bonchev–Trinajstić information content (AvgIpc) is 3.09. The van der Waals surface area contributed by atoms with Gasteiger partial charge >= 0.3 is 0 Å². The molecule has 3 rings (SSSR count). The van der Waals surface area contributed by atoms with Crippen molar-refractivity contribution >= 4 is 12.0 Å². The Morgan fingerprint density at radius 1 is 1.28 bits per heavy atom. The van der Waals surface area contributed by atoms with Gasteiger partial charge in [0.25, 0.3) is 5.91 Å². The first-order chi connectivity index (χ1) is 12.2. The lowest BCUT2D eigenvalue weighted by atomic mass is 9.78. The monoisotopic (exact) mass is 344 g/mol. The highest BCUT2D eigenvalue weighted by atomic mass is 16.5. The van der Waals surface area contributed by atoms with Crippen LogP contribution in [0.4, 0.5) is 0 Å². The standard InChI is InChI=1S/C20H28N2O3/c1-3-4-16-5-6-17(18(13-16)24-2)25-14-19(23)22-11-8-20(9-12-22)7-10-21-15-20/h3-6,13,21H,7-12,14-15H2,1-2H3/b4-3+. The third kappa shape index (κ3) is 4.15. The summed E-state index contributed by atoms with van der Waals surface area (Å²) in [6.07, 6.45) is 7.39. The molecule has 25 heavy (non-hydrogen) atoms. The van der Waals surface area contributed by atoms with Crippen LogP contribution in [0.3, 0.4) is 0 Å². The summed E-state index contributed by atoms with van der Waals surface area (Å²) in [6.45, 7) is 5.91. The fourth-order valence-corrected chi connectivity index (χ4v) is 3.78. The van der Waals surface area contributed by atoms with Gasteiger partial charge in [-0.3, -0.25) is 4.79 Å². The fraction of sp³-hybridized carbons (Fsp3) is 0.550. The van der Waals surface area contributed by atoms with Crippen LogP contribution in [0.1, 0.15) is 31.7 Å². The van der Waals surface area contributed by atoms with Gasteiger partial charge in [0.1, 0.15) is 0 Å². The summed E-state index contributed by atoms with van der Waals surface area (Å²) in [6, 6.07) is 5.73. The summed E-state index contributed by atoms with van der Waals surface area (Å²) >= 11 is 0. The molecule has 0 saturated carbocycles. The highest BCUT2D eigenvalue weighted by Crippen LogP contribution is 2.37. The number of methoxy groups -OCH3 is 1. The van der Waals surface area contributed by atoms with E-state index in [1.165, 1.54) is 6.42 Å². The number of amides is 1. The molecule has 1 amide bonds. The first-order valence-electron chi connectivity index (χ1n) is 9.08. The molecule has 5 heteroatoms. The van der Waals surface area contributed by atoms with E-state index < -0.39 is 0 Å². The maximum absolute atomic E-state index is 12.5.